The number of carbonyl (C=O) groups is 1. The fourth-order valence-electron chi connectivity index (χ4n) is 3.56. The van der Waals surface area contributed by atoms with Crippen LogP contribution in [0.25, 0.3) is 10.9 Å². The molecule has 1 amide bonds. The molecule has 0 unspecified atom stereocenters. The molecule has 0 saturated carbocycles. The van der Waals surface area contributed by atoms with Crippen LogP contribution in [0.4, 0.5) is 5.82 Å². The molecule has 31 heavy (non-hydrogen) atoms. The van der Waals surface area contributed by atoms with E-state index in [-0.39, 0.29) is 11.7 Å². The van der Waals surface area contributed by atoms with Crippen LogP contribution in [0.5, 0.6) is 0 Å². The van der Waals surface area contributed by atoms with Crippen molar-refractivity contribution in [2.45, 2.75) is 26.8 Å². The molecule has 0 aliphatic rings. The summed E-state index contributed by atoms with van der Waals surface area (Å²) >= 11 is 6.05. The number of hydrogen-bond donors (Lipinski definition) is 2. The lowest BCUT2D eigenvalue weighted by molar-refractivity contribution is 0.0936. The molecule has 0 spiro atoms. The monoisotopic (exact) mass is 435 g/mol. The summed E-state index contributed by atoms with van der Waals surface area (Å²) in [5, 5.41) is 12.7. The van der Waals surface area contributed by atoms with E-state index in [0.717, 1.165) is 33.3 Å². The van der Waals surface area contributed by atoms with Crippen molar-refractivity contribution in [3.63, 3.8) is 0 Å². The summed E-state index contributed by atoms with van der Waals surface area (Å²) in [5.74, 6) is 1.10. The van der Waals surface area contributed by atoms with Gasteiger partial charge in [-0.25, -0.2) is 4.98 Å². The molecule has 158 valence electrons. The van der Waals surface area contributed by atoms with Gasteiger partial charge in [0.1, 0.15) is 11.6 Å². The van der Waals surface area contributed by atoms with Gasteiger partial charge in [0.05, 0.1) is 10.5 Å². The number of benzene rings is 1. The van der Waals surface area contributed by atoms with Crippen molar-refractivity contribution in [3.8, 4) is 0 Å². The number of rotatable bonds is 5. The Morgan fingerprint density at radius 2 is 2.00 bits per heavy atom. The first-order valence-electron chi connectivity index (χ1n) is 9.75. The molecule has 0 bridgehead atoms. The van der Waals surface area contributed by atoms with Crippen molar-refractivity contribution in [1.29, 1.82) is 0 Å². The lowest BCUT2D eigenvalue weighted by atomic mass is 10.1. The highest BCUT2D eigenvalue weighted by Crippen LogP contribution is 2.20. The lowest BCUT2D eigenvalue weighted by Crippen LogP contribution is -2.27. The van der Waals surface area contributed by atoms with E-state index in [4.69, 9.17) is 17.3 Å². The average Bonchev–Trinajstić information content (AvgIpc) is 3.07. The second-order valence-corrected chi connectivity index (χ2v) is 7.90. The summed E-state index contributed by atoms with van der Waals surface area (Å²) in [7, 11) is 1.78. The maximum absolute atomic E-state index is 12.7. The number of nitrogens with two attached hydrogens (primary N) is 1. The standard InChI is InChI=1S/C22H22ClN7O/c1-12-6-19(24)27-13(2)17(12)11-26-22(31)21-29-28-20(30(21)3)8-14-4-5-18-15(7-14)9-16(23)10-25-18/h4-7,9-10H,8,11H2,1-3H3,(H2,24,27)(H,26,31). The molecule has 0 saturated heterocycles. The van der Waals surface area contributed by atoms with Gasteiger partial charge in [0.2, 0.25) is 5.82 Å². The number of amides is 1. The van der Waals surface area contributed by atoms with Gasteiger partial charge in [0.25, 0.3) is 5.91 Å². The smallest absolute Gasteiger partial charge is 0.289 e. The SMILES string of the molecule is Cc1cc(N)nc(C)c1CNC(=O)c1nnc(Cc2ccc3ncc(Cl)cc3c2)n1C. The first kappa shape index (κ1) is 20.7. The predicted octanol–water partition coefficient (Wildman–Crippen LogP) is 3.13. The number of aromatic nitrogens is 5. The maximum Gasteiger partial charge on any atom is 0.289 e. The van der Waals surface area contributed by atoms with Crippen LogP contribution in [0.15, 0.2) is 36.5 Å². The van der Waals surface area contributed by atoms with E-state index in [2.05, 4.69) is 25.5 Å². The van der Waals surface area contributed by atoms with Crippen molar-refractivity contribution in [2.24, 2.45) is 7.05 Å². The Morgan fingerprint density at radius 3 is 2.77 bits per heavy atom. The molecule has 0 radical (unpaired) electrons. The van der Waals surface area contributed by atoms with Gasteiger partial charge in [0, 0.05) is 37.3 Å². The molecule has 3 N–H and O–H groups in total. The number of carbonyl (C=O) groups excluding carboxylic acids is 1. The number of nitrogen functional groups attached to an aromatic ring is 1. The zero-order valence-corrected chi connectivity index (χ0v) is 18.2. The fraction of sp³-hybridized carbons (Fsp3) is 0.227. The van der Waals surface area contributed by atoms with Gasteiger partial charge in [-0.1, -0.05) is 17.7 Å². The van der Waals surface area contributed by atoms with Crippen LogP contribution in [-0.4, -0.2) is 30.6 Å². The van der Waals surface area contributed by atoms with Gasteiger partial charge < -0.3 is 15.6 Å². The van der Waals surface area contributed by atoms with E-state index in [0.29, 0.717) is 29.6 Å². The normalized spacial score (nSPS) is 11.1. The Kier molecular flexibility index (Phi) is 5.56. The second-order valence-electron chi connectivity index (χ2n) is 7.47. The molecular weight excluding hydrogens is 414 g/mol. The van der Waals surface area contributed by atoms with Crippen LogP contribution < -0.4 is 11.1 Å². The summed E-state index contributed by atoms with van der Waals surface area (Å²) in [6.07, 6.45) is 2.15. The highest BCUT2D eigenvalue weighted by molar-refractivity contribution is 6.31. The number of pyridine rings is 2. The first-order valence-corrected chi connectivity index (χ1v) is 10.1. The highest BCUT2D eigenvalue weighted by Gasteiger charge is 2.17. The van der Waals surface area contributed by atoms with E-state index >= 15 is 0 Å². The number of nitrogens with zero attached hydrogens (tertiary/aromatic N) is 5. The summed E-state index contributed by atoms with van der Waals surface area (Å²) in [5.41, 5.74) is 10.4. The van der Waals surface area contributed by atoms with Crippen molar-refractivity contribution >= 4 is 34.2 Å². The Bertz CT molecular complexity index is 1280. The molecule has 4 aromatic rings. The number of hydrogen-bond acceptors (Lipinski definition) is 6. The van der Waals surface area contributed by atoms with E-state index in [9.17, 15) is 4.79 Å². The third-order valence-electron chi connectivity index (χ3n) is 5.24. The Hall–Kier alpha value is -3.52. The van der Waals surface area contributed by atoms with Gasteiger partial charge in [-0.15, -0.1) is 10.2 Å². The summed E-state index contributed by atoms with van der Waals surface area (Å²) in [6, 6.07) is 9.61. The highest BCUT2D eigenvalue weighted by atomic mass is 35.5. The molecule has 1 aromatic carbocycles. The molecule has 8 nitrogen and oxygen atoms in total. The molecule has 3 heterocycles. The van der Waals surface area contributed by atoms with Crippen LogP contribution in [-0.2, 0) is 20.0 Å². The van der Waals surface area contributed by atoms with Gasteiger partial charge in [-0.2, -0.15) is 0 Å². The zero-order valence-electron chi connectivity index (χ0n) is 17.5. The molecule has 0 aliphatic carbocycles. The largest absolute Gasteiger partial charge is 0.384 e. The lowest BCUT2D eigenvalue weighted by Gasteiger charge is -2.11. The Balaban J connectivity index is 1.49. The van der Waals surface area contributed by atoms with Crippen molar-refractivity contribution in [2.75, 3.05) is 5.73 Å². The van der Waals surface area contributed by atoms with Crippen LogP contribution in [0, 0.1) is 13.8 Å². The quantitative estimate of drug-likeness (QED) is 0.498. The topological polar surface area (TPSA) is 112 Å². The molecule has 0 atom stereocenters. The number of nitrogens with one attached hydrogen (secondary N) is 1. The molecule has 4 rings (SSSR count). The van der Waals surface area contributed by atoms with Crippen LogP contribution in [0.1, 0.15) is 38.8 Å². The van der Waals surface area contributed by atoms with Crippen molar-refractivity contribution in [1.82, 2.24) is 30.0 Å². The van der Waals surface area contributed by atoms with Crippen LogP contribution in [0.2, 0.25) is 5.02 Å². The third kappa shape index (κ3) is 4.34. The molecule has 9 heteroatoms. The third-order valence-corrected chi connectivity index (χ3v) is 5.45. The van der Waals surface area contributed by atoms with E-state index in [1.807, 2.05) is 38.1 Å². The van der Waals surface area contributed by atoms with Gasteiger partial charge in [-0.3, -0.25) is 9.78 Å². The zero-order chi connectivity index (χ0) is 22.1. The minimum Gasteiger partial charge on any atom is -0.384 e. The number of fused-ring (bicyclic) bond motifs is 1. The summed E-state index contributed by atoms with van der Waals surface area (Å²) < 4.78 is 1.71. The van der Waals surface area contributed by atoms with Crippen LogP contribution in [0.3, 0.4) is 0 Å². The van der Waals surface area contributed by atoms with Crippen molar-refractivity contribution < 1.29 is 4.79 Å². The number of halogens is 1. The fourth-order valence-corrected chi connectivity index (χ4v) is 3.73. The molecule has 0 aliphatic heterocycles. The second kappa shape index (κ2) is 8.31. The van der Waals surface area contributed by atoms with E-state index < -0.39 is 0 Å². The number of anilines is 1. The molecule has 3 aromatic heterocycles. The van der Waals surface area contributed by atoms with Gasteiger partial charge >= 0.3 is 0 Å². The van der Waals surface area contributed by atoms with Gasteiger partial charge in [-0.05, 0) is 54.8 Å². The maximum atomic E-state index is 12.7. The average molecular weight is 436 g/mol. The van der Waals surface area contributed by atoms with Gasteiger partial charge in [0.15, 0.2) is 0 Å². The van der Waals surface area contributed by atoms with Crippen molar-refractivity contribution in [3.05, 3.63) is 75.6 Å². The first-order chi connectivity index (χ1) is 14.8. The Labute approximate surface area is 184 Å². The molecular formula is C22H22ClN7O. The van der Waals surface area contributed by atoms with E-state index in [1.165, 1.54) is 0 Å². The minimum absolute atomic E-state index is 0.249. The molecule has 0 fully saturated rings. The summed E-state index contributed by atoms with van der Waals surface area (Å²) in [4.78, 5) is 21.3. The minimum atomic E-state index is -0.300. The summed E-state index contributed by atoms with van der Waals surface area (Å²) in [6.45, 7) is 4.15. The number of aryl methyl sites for hydroxylation is 2. The van der Waals surface area contributed by atoms with E-state index in [1.54, 1.807) is 23.9 Å². The predicted molar refractivity (Wildman–Crippen MR) is 120 cm³/mol. The van der Waals surface area contributed by atoms with Crippen LogP contribution >= 0.6 is 11.6 Å². The Morgan fingerprint density at radius 1 is 1.19 bits per heavy atom.